The second-order valence-corrected chi connectivity index (χ2v) is 6.58. The monoisotopic (exact) mass is 268 g/mol. The summed E-state index contributed by atoms with van der Waals surface area (Å²) in [5, 5.41) is 16.1. The van der Waals surface area contributed by atoms with Crippen molar-refractivity contribution in [3.63, 3.8) is 0 Å². The van der Waals surface area contributed by atoms with E-state index in [0.717, 1.165) is 39.0 Å². The number of hydrogen-bond acceptors (Lipinski definition) is 4. The van der Waals surface area contributed by atoms with Crippen LogP contribution in [0.4, 0.5) is 0 Å². The van der Waals surface area contributed by atoms with Crippen LogP contribution >= 0.6 is 11.3 Å². The molecule has 0 atom stereocenters. The minimum atomic E-state index is -0.507. The molecular formula is C14H24N2OS. The van der Waals surface area contributed by atoms with Crippen LogP contribution in [0.3, 0.4) is 0 Å². The van der Waals surface area contributed by atoms with Crippen LogP contribution in [0.25, 0.3) is 0 Å². The average Bonchev–Trinajstić information content (AvgIpc) is 2.81. The first-order valence-electron chi connectivity index (χ1n) is 6.79. The van der Waals surface area contributed by atoms with Gasteiger partial charge in [-0.3, -0.25) is 4.90 Å². The minimum absolute atomic E-state index is 0.464. The number of nitrogens with one attached hydrogen (secondary N) is 1. The summed E-state index contributed by atoms with van der Waals surface area (Å²) in [5.41, 5.74) is -0.507. The fourth-order valence-electron chi connectivity index (χ4n) is 2.45. The van der Waals surface area contributed by atoms with Crippen molar-refractivity contribution in [1.29, 1.82) is 0 Å². The summed E-state index contributed by atoms with van der Waals surface area (Å²) in [6, 6.07) is 4.73. The molecule has 4 heteroatoms. The lowest BCUT2D eigenvalue weighted by molar-refractivity contribution is -0.0298. The number of aliphatic hydroxyl groups is 1. The zero-order chi connectivity index (χ0) is 13.0. The number of thiophene rings is 1. The highest BCUT2D eigenvalue weighted by Crippen LogP contribution is 2.22. The molecule has 1 aliphatic rings. The summed E-state index contributed by atoms with van der Waals surface area (Å²) in [6.07, 6.45) is 1.72. The fourth-order valence-corrected chi connectivity index (χ4v) is 3.18. The molecule has 1 aromatic heterocycles. The van der Waals surface area contributed by atoms with Crippen LogP contribution in [0.5, 0.6) is 0 Å². The molecule has 0 radical (unpaired) electrons. The molecule has 2 N–H and O–H groups in total. The molecule has 0 spiro atoms. The molecule has 3 nitrogen and oxygen atoms in total. The molecule has 18 heavy (non-hydrogen) atoms. The van der Waals surface area contributed by atoms with Crippen LogP contribution in [0.2, 0.25) is 0 Å². The van der Waals surface area contributed by atoms with Gasteiger partial charge >= 0.3 is 0 Å². The van der Waals surface area contributed by atoms with E-state index in [1.54, 1.807) is 11.3 Å². The van der Waals surface area contributed by atoms with E-state index in [1.807, 2.05) is 0 Å². The van der Waals surface area contributed by atoms with Gasteiger partial charge in [-0.15, -0.1) is 11.3 Å². The maximum atomic E-state index is 10.6. The lowest BCUT2D eigenvalue weighted by atomic mass is 9.91. The van der Waals surface area contributed by atoms with Gasteiger partial charge in [0.1, 0.15) is 0 Å². The van der Waals surface area contributed by atoms with Gasteiger partial charge in [0.15, 0.2) is 0 Å². The van der Waals surface area contributed by atoms with Crippen molar-refractivity contribution in [3.05, 3.63) is 22.4 Å². The summed E-state index contributed by atoms with van der Waals surface area (Å²) >= 11 is 1.79. The van der Waals surface area contributed by atoms with Crippen LogP contribution in [0.1, 0.15) is 31.6 Å². The summed E-state index contributed by atoms with van der Waals surface area (Å²) in [5.74, 6) is 0. The largest absolute Gasteiger partial charge is 0.388 e. The van der Waals surface area contributed by atoms with Crippen molar-refractivity contribution >= 4 is 11.3 Å². The summed E-state index contributed by atoms with van der Waals surface area (Å²) < 4.78 is 0. The van der Waals surface area contributed by atoms with E-state index in [1.165, 1.54) is 4.88 Å². The first kappa shape index (κ1) is 14.0. The van der Waals surface area contributed by atoms with Crippen molar-refractivity contribution in [2.75, 3.05) is 19.6 Å². The predicted octanol–water partition coefficient (Wildman–Crippen LogP) is 2.07. The Morgan fingerprint density at radius 3 is 2.72 bits per heavy atom. The van der Waals surface area contributed by atoms with E-state index >= 15 is 0 Å². The third-order valence-electron chi connectivity index (χ3n) is 3.70. The number of rotatable bonds is 5. The van der Waals surface area contributed by atoms with Gasteiger partial charge in [0, 0.05) is 24.0 Å². The molecule has 0 bridgehead atoms. The smallest absolute Gasteiger partial charge is 0.0798 e. The quantitative estimate of drug-likeness (QED) is 0.858. The van der Waals surface area contributed by atoms with Gasteiger partial charge in [-0.1, -0.05) is 6.07 Å². The molecule has 0 aromatic carbocycles. The number of nitrogens with zero attached hydrogens (tertiary/aromatic N) is 1. The van der Waals surface area contributed by atoms with Crippen molar-refractivity contribution < 1.29 is 5.11 Å². The van der Waals surface area contributed by atoms with E-state index in [-0.39, 0.29) is 0 Å². The molecule has 0 aliphatic carbocycles. The highest BCUT2D eigenvalue weighted by atomic mass is 32.1. The Labute approximate surface area is 114 Å². The van der Waals surface area contributed by atoms with E-state index in [2.05, 4.69) is 41.6 Å². The molecule has 1 aliphatic heterocycles. The zero-order valence-corrected chi connectivity index (χ0v) is 12.2. The molecule has 2 rings (SSSR count). The Bertz CT molecular complexity index is 345. The van der Waals surface area contributed by atoms with Gasteiger partial charge < -0.3 is 10.4 Å². The van der Waals surface area contributed by atoms with E-state index in [9.17, 15) is 5.11 Å². The summed E-state index contributed by atoms with van der Waals surface area (Å²) in [7, 11) is 0. The van der Waals surface area contributed by atoms with Crippen LogP contribution in [0.15, 0.2) is 17.5 Å². The number of hydrogen-bond donors (Lipinski definition) is 2. The van der Waals surface area contributed by atoms with Crippen molar-refractivity contribution in [3.8, 4) is 0 Å². The Balaban J connectivity index is 1.97. The second-order valence-electron chi connectivity index (χ2n) is 5.55. The maximum Gasteiger partial charge on any atom is 0.0798 e. The van der Waals surface area contributed by atoms with Gasteiger partial charge in [0.25, 0.3) is 0 Å². The lowest BCUT2D eigenvalue weighted by Gasteiger charge is -2.38. The van der Waals surface area contributed by atoms with Crippen molar-refractivity contribution in [1.82, 2.24) is 10.2 Å². The van der Waals surface area contributed by atoms with Crippen molar-refractivity contribution in [2.45, 2.75) is 44.9 Å². The molecule has 0 amide bonds. The SMILES string of the molecule is CC(C)N(Cc1cccs1)CC1(O)CCNCC1. The predicted molar refractivity (Wildman–Crippen MR) is 76.9 cm³/mol. The molecular weight excluding hydrogens is 244 g/mol. The third kappa shape index (κ3) is 3.79. The van der Waals surface area contributed by atoms with Gasteiger partial charge in [0.05, 0.1) is 5.60 Å². The van der Waals surface area contributed by atoms with Crippen LogP contribution in [-0.4, -0.2) is 41.3 Å². The first-order valence-corrected chi connectivity index (χ1v) is 7.67. The molecule has 0 unspecified atom stereocenters. The van der Waals surface area contributed by atoms with E-state index in [4.69, 9.17) is 0 Å². The average molecular weight is 268 g/mol. The Kier molecular flexibility index (Phi) is 4.78. The summed E-state index contributed by atoms with van der Waals surface area (Å²) in [6.45, 7) is 8.01. The van der Waals surface area contributed by atoms with E-state index in [0.29, 0.717) is 6.04 Å². The summed E-state index contributed by atoms with van der Waals surface area (Å²) in [4.78, 5) is 3.76. The van der Waals surface area contributed by atoms with Gasteiger partial charge in [-0.05, 0) is 51.2 Å². The Morgan fingerprint density at radius 1 is 1.44 bits per heavy atom. The maximum absolute atomic E-state index is 10.6. The second kappa shape index (κ2) is 6.15. The lowest BCUT2D eigenvalue weighted by Crippen LogP contribution is -2.51. The molecule has 2 heterocycles. The van der Waals surface area contributed by atoms with Crippen LogP contribution in [0, 0.1) is 0 Å². The highest BCUT2D eigenvalue weighted by Gasteiger charge is 2.32. The normalized spacial score (nSPS) is 19.6. The molecule has 1 saturated heterocycles. The Morgan fingerprint density at radius 2 is 2.17 bits per heavy atom. The topological polar surface area (TPSA) is 35.5 Å². The minimum Gasteiger partial charge on any atom is -0.388 e. The zero-order valence-electron chi connectivity index (χ0n) is 11.4. The van der Waals surface area contributed by atoms with Crippen molar-refractivity contribution in [2.24, 2.45) is 0 Å². The third-order valence-corrected chi connectivity index (χ3v) is 4.56. The molecule has 0 saturated carbocycles. The van der Waals surface area contributed by atoms with E-state index < -0.39 is 5.60 Å². The van der Waals surface area contributed by atoms with Crippen LogP contribution in [-0.2, 0) is 6.54 Å². The van der Waals surface area contributed by atoms with Gasteiger partial charge in [-0.25, -0.2) is 0 Å². The highest BCUT2D eigenvalue weighted by molar-refractivity contribution is 7.09. The van der Waals surface area contributed by atoms with Gasteiger partial charge in [0.2, 0.25) is 0 Å². The number of piperidine rings is 1. The first-order chi connectivity index (χ1) is 8.59. The van der Waals surface area contributed by atoms with Gasteiger partial charge in [-0.2, -0.15) is 0 Å². The molecule has 1 aromatic rings. The van der Waals surface area contributed by atoms with Crippen LogP contribution < -0.4 is 5.32 Å². The Hall–Kier alpha value is -0.420. The molecule has 102 valence electrons. The standard InChI is InChI=1S/C14H24N2OS/c1-12(2)16(10-13-4-3-9-18-13)11-14(17)5-7-15-8-6-14/h3-4,9,12,15,17H,5-8,10-11H2,1-2H3. The fraction of sp³-hybridized carbons (Fsp3) is 0.714. The molecule has 1 fully saturated rings.